The Morgan fingerprint density at radius 2 is 1.74 bits per heavy atom. The van der Waals surface area contributed by atoms with Crippen LogP contribution in [0.5, 0.6) is 5.75 Å². The van der Waals surface area contributed by atoms with E-state index in [9.17, 15) is 35.2 Å². The predicted octanol–water partition coefficient (Wildman–Crippen LogP) is 6.37. The zero-order chi connectivity index (χ0) is 30.1. The summed E-state index contributed by atoms with van der Waals surface area (Å²) in [5.74, 6) is -2.62. The first-order valence-corrected chi connectivity index (χ1v) is 15.0. The van der Waals surface area contributed by atoms with Crippen molar-refractivity contribution in [1.82, 2.24) is 9.71 Å². The molecule has 0 bridgehead atoms. The minimum Gasteiger partial charge on any atom is -0.489 e. The Morgan fingerprint density at radius 3 is 2.51 bits per heavy atom. The number of hydrogen-bond acceptors (Lipinski definition) is 6. The molecule has 6 nitrogen and oxygen atoms in total. The average molecular weight is 644 g/mol. The monoisotopic (exact) mass is 643 g/mol. The van der Waals surface area contributed by atoms with Crippen molar-refractivity contribution >= 4 is 80.3 Å². The molecule has 219 valence electrons. The predicted molar refractivity (Wildman–Crippen MR) is 156 cm³/mol. The topological polar surface area (TPSA) is 85.4 Å². The van der Waals surface area contributed by atoms with E-state index in [1.54, 1.807) is 30.4 Å². The summed E-state index contributed by atoms with van der Waals surface area (Å²) in [7, 11) is -5.78. The maximum atomic E-state index is 13.7. The van der Waals surface area contributed by atoms with Gasteiger partial charge in [0.25, 0.3) is 0 Å². The molecule has 1 aliphatic rings. The number of aromatic nitrogens is 1. The zero-order valence-electron chi connectivity index (χ0n) is 22.5. The van der Waals surface area contributed by atoms with Crippen molar-refractivity contribution < 1.29 is 39.9 Å². The summed E-state index contributed by atoms with van der Waals surface area (Å²) in [6.07, 6.45) is 3.02. The number of nitrogens with one attached hydrogen (secondary N) is 1. The summed E-state index contributed by atoms with van der Waals surface area (Å²) in [4.78, 5) is 16.4. The van der Waals surface area contributed by atoms with Crippen molar-refractivity contribution in [3.05, 3.63) is 106 Å². The average Bonchev–Trinajstić information content (AvgIpc) is 3.08. The Hall–Kier alpha value is -2.97. The van der Waals surface area contributed by atoms with Gasteiger partial charge in [-0.3, -0.25) is 4.79 Å². The fourth-order valence-corrected chi connectivity index (χ4v) is 6.20. The molecule has 1 N–H and O–H groups in total. The number of ether oxygens (including phenoxy) is 1. The maximum absolute atomic E-state index is 13.7. The van der Waals surface area contributed by atoms with Crippen LogP contribution in [0.1, 0.15) is 39.6 Å². The number of sulfonamides is 1. The van der Waals surface area contributed by atoms with Crippen LogP contribution in [0.4, 0.5) is 22.0 Å². The van der Waals surface area contributed by atoms with E-state index in [0.717, 1.165) is 39.1 Å². The van der Waals surface area contributed by atoms with Crippen LogP contribution in [0.2, 0.25) is 0 Å². The minimum absolute atomic E-state index is 0. The van der Waals surface area contributed by atoms with Crippen LogP contribution < -0.4 is 9.46 Å². The van der Waals surface area contributed by atoms with Gasteiger partial charge in [0, 0.05) is 58.7 Å². The fourth-order valence-electron chi connectivity index (χ4n) is 4.37. The number of benzene rings is 3. The first-order valence-electron chi connectivity index (χ1n) is 12.4. The van der Waals surface area contributed by atoms with Crippen molar-refractivity contribution in [2.24, 2.45) is 0 Å². The van der Waals surface area contributed by atoms with Crippen LogP contribution in [-0.4, -0.2) is 60.1 Å². The Kier molecular flexibility index (Phi) is 10.2. The van der Waals surface area contributed by atoms with E-state index in [4.69, 9.17) is 4.74 Å². The van der Waals surface area contributed by atoms with E-state index in [2.05, 4.69) is 4.98 Å². The number of amides is 1. The van der Waals surface area contributed by atoms with Gasteiger partial charge in [-0.15, -0.1) is 11.8 Å². The molecule has 0 saturated heterocycles. The van der Waals surface area contributed by atoms with Gasteiger partial charge in [0.1, 0.15) is 12.4 Å². The molecule has 1 aromatic heterocycles. The summed E-state index contributed by atoms with van der Waals surface area (Å²) in [6, 6.07) is 18.3. The van der Waals surface area contributed by atoms with Gasteiger partial charge in [-0.2, -0.15) is 21.6 Å². The molecule has 1 amide bonds. The van der Waals surface area contributed by atoms with Gasteiger partial charge in [-0.1, -0.05) is 42.5 Å². The molecule has 3 aromatic carbocycles. The van der Waals surface area contributed by atoms with Crippen LogP contribution in [0.15, 0.2) is 66.7 Å². The second kappa shape index (κ2) is 13.3. The molecule has 4 aromatic rings. The van der Waals surface area contributed by atoms with E-state index < -0.39 is 39.5 Å². The number of thioether (sulfide) groups is 1. The van der Waals surface area contributed by atoms with Gasteiger partial charge in [0.15, 0.2) is 11.6 Å². The molecule has 14 heteroatoms. The molecule has 0 fully saturated rings. The number of carbonyl (C=O) groups is 1. The summed E-state index contributed by atoms with van der Waals surface area (Å²) >= 11 is 1.27. The van der Waals surface area contributed by atoms with Gasteiger partial charge in [0.05, 0.1) is 16.5 Å². The van der Waals surface area contributed by atoms with E-state index in [0.29, 0.717) is 22.3 Å². The van der Waals surface area contributed by atoms with Crippen molar-refractivity contribution in [3.63, 3.8) is 0 Å². The van der Waals surface area contributed by atoms with Crippen LogP contribution in [0.25, 0.3) is 23.1 Å². The first-order chi connectivity index (χ1) is 19.9. The number of halogens is 5. The minimum atomic E-state index is -5.78. The molecule has 1 atom stereocenters. The Labute approximate surface area is 270 Å². The van der Waals surface area contributed by atoms with Gasteiger partial charge in [-0.05, 0) is 47.0 Å². The number of nitrogens with zero attached hydrogens (tertiary/aromatic N) is 1. The third-order valence-electron chi connectivity index (χ3n) is 6.40. The van der Waals surface area contributed by atoms with Crippen LogP contribution in [-0.2, 0) is 21.4 Å². The summed E-state index contributed by atoms with van der Waals surface area (Å²) in [6.45, 7) is 0.276. The number of carbonyl (C=O) groups excluding carboxylic acids is 1. The molecule has 0 spiro atoms. The standard InChI is InChI=1S/C29H21F5N2O4S2.Na/c30-23-14-18-7-9-20(35-25(18)15-24(23)31)8-5-17-6-10-26-22(13-17)28(21-4-2-1-3-19(21)16-40-26)41-12-11-27(37)36-42(38,39)29(32,33)34;/h1-10,13-15,28H,11-12,16H2,(H,36,37);/b8-5+;. The van der Waals surface area contributed by atoms with E-state index in [-0.39, 0.29) is 47.2 Å². The Balaban J connectivity index is 0.00000423. The normalized spacial score (nSPS) is 14.8. The van der Waals surface area contributed by atoms with E-state index in [1.165, 1.54) is 11.8 Å². The third-order valence-corrected chi connectivity index (χ3v) is 8.79. The molecule has 2 heterocycles. The second-order valence-corrected chi connectivity index (χ2v) is 12.2. The summed E-state index contributed by atoms with van der Waals surface area (Å²) in [5.41, 5.74) is -1.51. The molecule has 1 aliphatic heterocycles. The first kappa shape index (κ1) is 32.9. The largest absolute Gasteiger partial charge is 0.516 e. The van der Waals surface area contributed by atoms with E-state index >= 15 is 0 Å². The summed E-state index contributed by atoms with van der Waals surface area (Å²) in [5, 5.41) is 0.0761. The van der Waals surface area contributed by atoms with Gasteiger partial charge in [-0.25, -0.2) is 18.5 Å². The second-order valence-electron chi connectivity index (χ2n) is 9.29. The number of alkyl halides is 3. The smallest absolute Gasteiger partial charge is 0.489 e. The molecule has 43 heavy (non-hydrogen) atoms. The maximum Gasteiger partial charge on any atom is 0.516 e. The molecule has 0 aliphatic carbocycles. The fraction of sp³-hybridized carbons (Fsp3) is 0.172. The molecular weight excluding hydrogens is 622 g/mol. The van der Waals surface area contributed by atoms with Crippen molar-refractivity contribution in [2.45, 2.75) is 23.8 Å². The SMILES string of the molecule is O=C(CCSC1c2ccccc2COc2ccc(/C=C/c3ccc4cc(F)c(F)cc4n3)cc21)NS(=O)(=O)C(F)(F)F.[Na]. The summed E-state index contributed by atoms with van der Waals surface area (Å²) < 4.78 is 94.7. The molecule has 1 unspecified atom stereocenters. The molecule has 0 saturated carbocycles. The zero-order valence-corrected chi connectivity index (χ0v) is 26.1. The van der Waals surface area contributed by atoms with Gasteiger partial charge < -0.3 is 4.74 Å². The van der Waals surface area contributed by atoms with Crippen molar-refractivity contribution in [2.75, 3.05) is 5.75 Å². The number of rotatable bonds is 7. The Morgan fingerprint density at radius 1 is 1.00 bits per heavy atom. The van der Waals surface area contributed by atoms with Crippen molar-refractivity contribution in [3.8, 4) is 5.75 Å². The van der Waals surface area contributed by atoms with Gasteiger partial charge >= 0.3 is 15.5 Å². The number of pyridine rings is 1. The van der Waals surface area contributed by atoms with Gasteiger partial charge in [0.2, 0.25) is 5.91 Å². The van der Waals surface area contributed by atoms with E-state index in [1.807, 2.05) is 36.4 Å². The van der Waals surface area contributed by atoms with Crippen molar-refractivity contribution in [1.29, 1.82) is 0 Å². The Bertz CT molecular complexity index is 1820. The third kappa shape index (κ3) is 7.58. The molecule has 5 rings (SSSR count). The quantitative estimate of drug-likeness (QED) is 0.186. The number of fused-ring (bicyclic) bond motifs is 3. The molecule has 1 radical (unpaired) electrons. The van der Waals surface area contributed by atoms with Crippen LogP contribution in [0, 0.1) is 11.6 Å². The van der Waals surface area contributed by atoms with Crippen LogP contribution in [0.3, 0.4) is 0 Å². The van der Waals surface area contributed by atoms with Crippen LogP contribution >= 0.6 is 11.8 Å². The molecular formula is C29H21F5N2NaO4S2. The number of hydrogen-bond donors (Lipinski definition) is 1.